The minimum Gasteiger partial charge on any atom is -0.508 e. The predicted octanol–water partition coefficient (Wildman–Crippen LogP) is 3.70. The first-order chi connectivity index (χ1) is 13.5. The number of phenolic OH excluding ortho intramolecular Hbond substituents is 1. The Balaban J connectivity index is 1.99. The van der Waals surface area contributed by atoms with Crippen LogP contribution in [0.4, 0.5) is 5.69 Å². The minimum atomic E-state index is -0.474. The lowest BCUT2D eigenvalue weighted by atomic mass is 10.0. The van der Waals surface area contributed by atoms with Crippen LogP contribution in [0.3, 0.4) is 0 Å². The lowest BCUT2D eigenvalue weighted by Gasteiger charge is -2.15. The molecular weight excluding hydrogens is 362 g/mol. The lowest BCUT2D eigenvalue weighted by molar-refractivity contribution is 0.324. The highest BCUT2D eigenvalue weighted by atomic mass is 16.5. The Hall–Kier alpha value is -3.35. The summed E-state index contributed by atoms with van der Waals surface area (Å²) in [6, 6.07) is 8.36. The number of hydrogen-bond donors (Lipinski definition) is 2. The molecule has 0 spiro atoms. The van der Waals surface area contributed by atoms with Gasteiger partial charge in [0.25, 0.3) is 0 Å². The first-order valence-corrected chi connectivity index (χ1v) is 8.83. The zero-order valence-electron chi connectivity index (χ0n) is 16.3. The summed E-state index contributed by atoms with van der Waals surface area (Å²) in [5.41, 5.74) is 2.16. The van der Waals surface area contributed by atoms with Gasteiger partial charge in [0, 0.05) is 41.9 Å². The number of fused-ring (bicyclic) bond motifs is 1. The number of nitrogens with one attached hydrogen (secondary N) is 1. The van der Waals surface area contributed by atoms with Crippen molar-refractivity contribution in [3.05, 3.63) is 51.9 Å². The Labute approximate surface area is 162 Å². The molecule has 3 rings (SSSR count). The number of phenols is 1. The van der Waals surface area contributed by atoms with Gasteiger partial charge in [-0.25, -0.2) is 4.79 Å². The molecule has 7 nitrogen and oxygen atoms in total. The van der Waals surface area contributed by atoms with Gasteiger partial charge in [-0.1, -0.05) is 6.92 Å². The molecule has 0 saturated heterocycles. The standard InChI is InChI=1S/C21H23NO6/c1-5-12-6-15-13(7-20(24)28-17(15)10-16(12)23)11-22-14-8-18(25-2)21(27-4)19(9-14)26-3/h6-10,22-23H,5,11H2,1-4H3. The third-order valence-electron chi connectivity index (χ3n) is 4.56. The molecule has 7 heteroatoms. The second-order valence-electron chi connectivity index (χ2n) is 6.19. The van der Waals surface area contributed by atoms with Crippen molar-refractivity contribution in [2.24, 2.45) is 0 Å². The third-order valence-corrected chi connectivity index (χ3v) is 4.56. The van der Waals surface area contributed by atoms with Crippen molar-refractivity contribution in [2.75, 3.05) is 26.6 Å². The largest absolute Gasteiger partial charge is 0.508 e. The molecule has 3 aromatic rings. The molecule has 0 fully saturated rings. The molecule has 2 aromatic carbocycles. The van der Waals surface area contributed by atoms with Crippen LogP contribution in [0.25, 0.3) is 11.0 Å². The molecule has 1 aromatic heterocycles. The van der Waals surface area contributed by atoms with Crippen LogP contribution < -0.4 is 25.2 Å². The Morgan fingerprint density at radius 1 is 0.964 bits per heavy atom. The monoisotopic (exact) mass is 385 g/mol. The van der Waals surface area contributed by atoms with E-state index in [2.05, 4.69) is 5.32 Å². The van der Waals surface area contributed by atoms with E-state index in [0.717, 1.165) is 22.2 Å². The van der Waals surface area contributed by atoms with Gasteiger partial charge >= 0.3 is 5.63 Å². The Morgan fingerprint density at radius 3 is 2.21 bits per heavy atom. The molecule has 28 heavy (non-hydrogen) atoms. The number of methoxy groups -OCH3 is 3. The fraction of sp³-hybridized carbons (Fsp3) is 0.286. The van der Waals surface area contributed by atoms with E-state index in [-0.39, 0.29) is 5.75 Å². The van der Waals surface area contributed by atoms with E-state index in [4.69, 9.17) is 18.6 Å². The SMILES string of the molecule is CCc1cc2c(CNc3cc(OC)c(OC)c(OC)c3)cc(=O)oc2cc1O. The smallest absolute Gasteiger partial charge is 0.336 e. The number of aromatic hydroxyl groups is 1. The lowest BCUT2D eigenvalue weighted by Crippen LogP contribution is -2.07. The van der Waals surface area contributed by atoms with Gasteiger partial charge in [0.05, 0.1) is 21.3 Å². The maximum Gasteiger partial charge on any atom is 0.336 e. The third kappa shape index (κ3) is 3.69. The van der Waals surface area contributed by atoms with Crippen LogP contribution in [0, 0.1) is 0 Å². The van der Waals surface area contributed by atoms with E-state index in [1.807, 2.05) is 13.0 Å². The molecule has 0 amide bonds. The Morgan fingerprint density at radius 2 is 1.64 bits per heavy atom. The summed E-state index contributed by atoms with van der Waals surface area (Å²) in [5.74, 6) is 1.68. The van der Waals surface area contributed by atoms with Gasteiger partial charge < -0.3 is 29.1 Å². The minimum absolute atomic E-state index is 0.118. The van der Waals surface area contributed by atoms with Crippen LogP contribution in [0.1, 0.15) is 18.1 Å². The second-order valence-corrected chi connectivity index (χ2v) is 6.19. The molecule has 0 bridgehead atoms. The summed E-state index contributed by atoms with van der Waals surface area (Å²) in [6.07, 6.45) is 0.667. The van der Waals surface area contributed by atoms with E-state index in [0.29, 0.717) is 35.8 Å². The van der Waals surface area contributed by atoms with Crippen LogP contribution in [0.15, 0.2) is 39.5 Å². The Kier molecular flexibility index (Phi) is 5.63. The number of aryl methyl sites for hydroxylation is 1. The number of hydrogen-bond acceptors (Lipinski definition) is 7. The average Bonchev–Trinajstić information content (AvgIpc) is 2.70. The highest BCUT2D eigenvalue weighted by Crippen LogP contribution is 2.40. The first-order valence-electron chi connectivity index (χ1n) is 8.83. The highest BCUT2D eigenvalue weighted by Gasteiger charge is 2.14. The normalized spacial score (nSPS) is 10.7. The second kappa shape index (κ2) is 8.12. The molecule has 1 heterocycles. The van der Waals surface area contributed by atoms with E-state index in [1.165, 1.54) is 12.1 Å². The topological polar surface area (TPSA) is 90.2 Å². The molecule has 2 N–H and O–H groups in total. The van der Waals surface area contributed by atoms with E-state index < -0.39 is 5.63 Å². The zero-order chi connectivity index (χ0) is 20.3. The average molecular weight is 385 g/mol. The zero-order valence-corrected chi connectivity index (χ0v) is 16.3. The predicted molar refractivity (Wildman–Crippen MR) is 107 cm³/mol. The van der Waals surface area contributed by atoms with Crippen molar-refractivity contribution >= 4 is 16.7 Å². The van der Waals surface area contributed by atoms with Crippen LogP contribution >= 0.6 is 0 Å². The number of ether oxygens (including phenoxy) is 3. The molecule has 0 saturated carbocycles. The summed E-state index contributed by atoms with van der Waals surface area (Å²) in [4.78, 5) is 11.9. The summed E-state index contributed by atoms with van der Waals surface area (Å²) in [6.45, 7) is 2.32. The summed E-state index contributed by atoms with van der Waals surface area (Å²) < 4.78 is 21.3. The first kappa shape index (κ1) is 19.4. The summed E-state index contributed by atoms with van der Waals surface area (Å²) in [7, 11) is 4.65. The molecule has 148 valence electrons. The molecular formula is C21H23NO6. The fourth-order valence-electron chi connectivity index (χ4n) is 3.12. The summed E-state index contributed by atoms with van der Waals surface area (Å²) >= 11 is 0. The maximum absolute atomic E-state index is 11.9. The van der Waals surface area contributed by atoms with Crippen molar-refractivity contribution in [2.45, 2.75) is 19.9 Å². The van der Waals surface area contributed by atoms with Crippen molar-refractivity contribution in [1.82, 2.24) is 0 Å². The Bertz CT molecular complexity index is 1030. The van der Waals surface area contributed by atoms with Gasteiger partial charge in [0.2, 0.25) is 5.75 Å². The van der Waals surface area contributed by atoms with E-state index in [9.17, 15) is 9.90 Å². The van der Waals surface area contributed by atoms with Gasteiger partial charge in [0.15, 0.2) is 11.5 Å². The van der Waals surface area contributed by atoms with Crippen molar-refractivity contribution in [3.63, 3.8) is 0 Å². The van der Waals surface area contributed by atoms with Gasteiger partial charge in [-0.3, -0.25) is 0 Å². The van der Waals surface area contributed by atoms with Crippen molar-refractivity contribution in [1.29, 1.82) is 0 Å². The van der Waals surface area contributed by atoms with Crippen molar-refractivity contribution < 1.29 is 23.7 Å². The quantitative estimate of drug-likeness (QED) is 0.599. The molecule has 0 unspecified atom stereocenters. The van der Waals surface area contributed by atoms with Gasteiger partial charge in [0.1, 0.15) is 11.3 Å². The maximum atomic E-state index is 11.9. The van der Waals surface area contributed by atoms with E-state index in [1.54, 1.807) is 33.5 Å². The van der Waals surface area contributed by atoms with E-state index >= 15 is 0 Å². The van der Waals surface area contributed by atoms with Gasteiger partial charge in [-0.15, -0.1) is 0 Å². The molecule has 0 aliphatic rings. The summed E-state index contributed by atoms with van der Waals surface area (Å²) in [5, 5.41) is 14.1. The van der Waals surface area contributed by atoms with Crippen LogP contribution in [0.5, 0.6) is 23.0 Å². The number of rotatable bonds is 7. The molecule has 0 atom stereocenters. The van der Waals surface area contributed by atoms with Crippen LogP contribution in [-0.2, 0) is 13.0 Å². The van der Waals surface area contributed by atoms with Crippen LogP contribution in [-0.4, -0.2) is 26.4 Å². The highest BCUT2D eigenvalue weighted by molar-refractivity contribution is 5.83. The molecule has 0 aliphatic heterocycles. The number of benzene rings is 2. The molecule has 0 aliphatic carbocycles. The van der Waals surface area contributed by atoms with Crippen LogP contribution in [0.2, 0.25) is 0 Å². The van der Waals surface area contributed by atoms with Gasteiger partial charge in [-0.2, -0.15) is 0 Å². The number of anilines is 1. The van der Waals surface area contributed by atoms with Crippen molar-refractivity contribution in [3.8, 4) is 23.0 Å². The fourth-order valence-corrected chi connectivity index (χ4v) is 3.12. The van der Waals surface area contributed by atoms with Gasteiger partial charge in [-0.05, 0) is 23.6 Å². The molecule has 0 radical (unpaired) electrons.